The van der Waals surface area contributed by atoms with E-state index in [0.717, 1.165) is 11.1 Å². The average molecular weight is 380 g/mol. The van der Waals surface area contributed by atoms with E-state index < -0.39 is 0 Å². The molecule has 0 saturated carbocycles. The van der Waals surface area contributed by atoms with E-state index in [0.29, 0.717) is 12.2 Å². The third-order valence-corrected chi connectivity index (χ3v) is 4.37. The quantitative estimate of drug-likeness (QED) is 0.710. The highest BCUT2D eigenvalue weighted by Crippen LogP contribution is 2.27. The highest BCUT2D eigenvalue weighted by atomic mass is 16.5. The van der Waals surface area contributed by atoms with Crippen molar-refractivity contribution in [2.75, 3.05) is 20.7 Å². The number of nitrogens with one attached hydrogen (secondary N) is 1. The van der Waals surface area contributed by atoms with E-state index in [2.05, 4.69) is 5.32 Å². The van der Waals surface area contributed by atoms with E-state index in [1.54, 1.807) is 20.2 Å². The molecule has 0 aliphatic heterocycles. The van der Waals surface area contributed by atoms with E-state index in [9.17, 15) is 9.59 Å². The van der Waals surface area contributed by atoms with Crippen LogP contribution in [0.4, 0.5) is 0 Å². The fraction of sp³-hybridized carbons (Fsp3) is 0.304. The summed E-state index contributed by atoms with van der Waals surface area (Å²) < 4.78 is 5.70. The molecule has 2 aromatic carbocycles. The van der Waals surface area contributed by atoms with Crippen LogP contribution in [0.2, 0.25) is 0 Å². The van der Waals surface area contributed by atoms with E-state index in [1.807, 2.05) is 62.4 Å². The van der Waals surface area contributed by atoms with Crippen LogP contribution in [-0.2, 0) is 9.59 Å². The van der Waals surface area contributed by atoms with Crippen molar-refractivity contribution in [2.24, 2.45) is 0 Å². The van der Waals surface area contributed by atoms with Crippen molar-refractivity contribution in [3.05, 3.63) is 71.3 Å². The molecule has 2 aromatic rings. The Morgan fingerprint density at radius 1 is 1.11 bits per heavy atom. The van der Waals surface area contributed by atoms with Crippen molar-refractivity contribution in [3.8, 4) is 5.75 Å². The number of ether oxygens (including phenoxy) is 1. The highest BCUT2D eigenvalue weighted by molar-refractivity contribution is 5.92. The molecule has 1 atom stereocenters. The smallest absolute Gasteiger partial charge is 0.259 e. The molecule has 28 heavy (non-hydrogen) atoms. The summed E-state index contributed by atoms with van der Waals surface area (Å²) in [5.74, 6) is 0.312. The van der Waals surface area contributed by atoms with Crippen LogP contribution in [0.5, 0.6) is 5.75 Å². The number of nitrogens with zero attached hydrogens (tertiary/aromatic N) is 1. The molecule has 0 bridgehead atoms. The zero-order chi connectivity index (χ0) is 20.5. The lowest BCUT2D eigenvalue weighted by Gasteiger charge is -2.20. The maximum absolute atomic E-state index is 12.4. The normalized spacial score (nSPS) is 11.9. The lowest BCUT2D eigenvalue weighted by molar-refractivity contribution is -0.130. The van der Waals surface area contributed by atoms with Gasteiger partial charge in [-0.25, -0.2) is 0 Å². The van der Waals surface area contributed by atoms with Crippen molar-refractivity contribution in [2.45, 2.75) is 26.3 Å². The number of hydrogen-bond acceptors (Lipinski definition) is 3. The van der Waals surface area contributed by atoms with Gasteiger partial charge in [0.05, 0.1) is 6.04 Å². The summed E-state index contributed by atoms with van der Waals surface area (Å²) in [5, 5.41) is 3.01. The summed E-state index contributed by atoms with van der Waals surface area (Å²) in [5.41, 5.74) is 3.00. The third-order valence-electron chi connectivity index (χ3n) is 4.37. The number of aryl methyl sites for hydroxylation is 1. The van der Waals surface area contributed by atoms with Crippen molar-refractivity contribution < 1.29 is 14.3 Å². The van der Waals surface area contributed by atoms with Gasteiger partial charge in [-0.3, -0.25) is 9.59 Å². The molecule has 0 aliphatic carbocycles. The molecule has 0 saturated heterocycles. The number of amides is 2. The van der Waals surface area contributed by atoms with Crippen LogP contribution >= 0.6 is 0 Å². The Morgan fingerprint density at radius 3 is 2.43 bits per heavy atom. The molecule has 0 radical (unpaired) electrons. The molecule has 0 aromatic heterocycles. The van der Waals surface area contributed by atoms with Crippen LogP contribution in [-0.4, -0.2) is 37.4 Å². The standard InChI is InChI=1S/C23H28N2O3/c1-5-20(24-22(26)15-14-18-12-10-17(2)11-13-18)19-8-6-7-9-21(19)28-16-23(27)25(3)4/h6-15,20H,5,16H2,1-4H3,(H,24,26). The minimum atomic E-state index is -0.208. The Morgan fingerprint density at radius 2 is 1.79 bits per heavy atom. The van der Waals surface area contributed by atoms with Gasteiger partial charge in [-0.2, -0.15) is 0 Å². The number of likely N-dealkylation sites (N-methyl/N-ethyl adjacent to an activating group) is 1. The van der Waals surface area contributed by atoms with Gasteiger partial charge in [0.15, 0.2) is 6.61 Å². The molecule has 0 aliphatic rings. The van der Waals surface area contributed by atoms with E-state index >= 15 is 0 Å². The van der Waals surface area contributed by atoms with Crippen LogP contribution in [0.3, 0.4) is 0 Å². The van der Waals surface area contributed by atoms with Crippen molar-refractivity contribution in [3.63, 3.8) is 0 Å². The molecule has 2 amide bonds. The Labute approximate surface area is 167 Å². The van der Waals surface area contributed by atoms with Gasteiger partial charge in [-0.1, -0.05) is 55.0 Å². The molecule has 148 valence electrons. The summed E-state index contributed by atoms with van der Waals surface area (Å²) in [6.07, 6.45) is 4.03. The summed E-state index contributed by atoms with van der Waals surface area (Å²) in [6, 6.07) is 15.2. The topological polar surface area (TPSA) is 58.6 Å². The van der Waals surface area contributed by atoms with Crippen LogP contribution in [0, 0.1) is 6.92 Å². The zero-order valence-corrected chi connectivity index (χ0v) is 16.9. The fourth-order valence-electron chi connectivity index (χ4n) is 2.64. The van der Waals surface area contributed by atoms with Gasteiger partial charge in [0.25, 0.3) is 5.91 Å². The zero-order valence-electron chi connectivity index (χ0n) is 16.9. The number of rotatable bonds is 8. The third kappa shape index (κ3) is 6.27. The van der Waals surface area contributed by atoms with Gasteiger partial charge in [-0.05, 0) is 31.1 Å². The van der Waals surface area contributed by atoms with Crippen molar-refractivity contribution >= 4 is 17.9 Å². The maximum atomic E-state index is 12.4. The van der Waals surface area contributed by atoms with Gasteiger partial charge < -0.3 is 15.0 Å². The second-order valence-corrected chi connectivity index (χ2v) is 6.83. The summed E-state index contributed by atoms with van der Waals surface area (Å²) >= 11 is 0. The molecular formula is C23H28N2O3. The van der Waals surface area contributed by atoms with E-state index in [1.165, 1.54) is 16.5 Å². The van der Waals surface area contributed by atoms with Crippen LogP contribution in [0.25, 0.3) is 6.08 Å². The maximum Gasteiger partial charge on any atom is 0.259 e. The largest absolute Gasteiger partial charge is 0.483 e. The second kappa shape index (κ2) is 10.3. The summed E-state index contributed by atoms with van der Waals surface area (Å²) in [4.78, 5) is 25.7. The molecule has 1 N–H and O–H groups in total. The predicted octanol–water partition coefficient (Wildman–Crippen LogP) is 3.74. The first-order chi connectivity index (χ1) is 13.4. The molecule has 2 rings (SSSR count). The van der Waals surface area contributed by atoms with Gasteiger partial charge in [0.1, 0.15) is 5.75 Å². The first-order valence-corrected chi connectivity index (χ1v) is 9.37. The van der Waals surface area contributed by atoms with E-state index in [4.69, 9.17) is 4.74 Å². The molecule has 0 spiro atoms. The predicted molar refractivity (Wildman–Crippen MR) is 112 cm³/mol. The van der Waals surface area contributed by atoms with Gasteiger partial charge in [0, 0.05) is 25.7 Å². The number of hydrogen-bond donors (Lipinski definition) is 1. The molecule has 0 fully saturated rings. The SMILES string of the molecule is CCC(NC(=O)C=Cc1ccc(C)cc1)c1ccccc1OCC(=O)N(C)C. The Bertz CT molecular complexity index is 826. The molecular weight excluding hydrogens is 352 g/mol. The average Bonchev–Trinajstić information content (AvgIpc) is 2.70. The van der Waals surface area contributed by atoms with Crippen molar-refractivity contribution in [1.29, 1.82) is 0 Å². The highest BCUT2D eigenvalue weighted by Gasteiger charge is 2.17. The summed E-state index contributed by atoms with van der Waals surface area (Å²) in [7, 11) is 3.38. The van der Waals surface area contributed by atoms with Crippen LogP contribution in [0.1, 0.15) is 36.1 Å². The van der Waals surface area contributed by atoms with Gasteiger partial charge in [0.2, 0.25) is 5.91 Å². The Balaban J connectivity index is 2.07. The molecule has 5 nitrogen and oxygen atoms in total. The van der Waals surface area contributed by atoms with Crippen LogP contribution in [0.15, 0.2) is 54.6 Å². The second-order valence-electron chi connectivity index (χ2n) is 6.83. The number of benzene rings is 2. The molecule has 0 heterocycles. The number of para-hydroxylation sites is 1. The molecule has 1 unspecified atom stereocenters. The first kappa shape index (κ1) is 21.2. The minimum Gasteiger partial charge on any atom is -0.483 e. The lowest BCUT2D eigenvalue weighted by Crippen LogP contribution is -2.29. The van der Waals surface area contributed by atoms with E-state index in [-0.39, 0.29) is 24.5 Å². The molecule has 5 heteroatoms. The Kier molecular flexibility index (Phi) is 7.81. The van der Waals surface area contributed by atoms with Gasteiger partial charge >= 0.3 is 0 Å². The first-order valence-electron chi connectivity index (χ1n) is 9.37. The monoisotopic (exact) mass is 380 g/mol. The summed E-state index contributed by atoms with van der Waals surface area (Å²) in [6.45, 7) is 3.98. The van der Waals surface area contributed by atoms with Gasteiger partial charge in [-0.15, -0.1) is 0 Å². The minimum absolute atomic E-state index is 0.0400. The lowest BCUT2D eigenvalue weighted by atomic mass is 10.0. The number of carbonyl (C=O) groups excluding carboxylic acids is 2. The Hall–Kier alpha value is -3.08. The number of carbonyl (C=O) groups is 2. The van der Waals surface area contributed by atoms with Crippen LogP contribution < -0.4 is 10.1 Å². The fourth-order valence-corrected chi connectivity index (χ4v) is 2.64. The van der Waals surface area contributed by atoms with Crippen molar-refractivity contribution in [1.82, 2.24) is 10.2 Å².